The molecule has 1 saturated heterocycles. The predicted molar refractivity (Wildman–Crippen MR) is 89.2 cm³/mol. The smallest absolute Gasteiger partial charge is 0.313 e. The zero-order valence-electron chi connectivity index (χ0n) is 12.7. The molecule has 0 atom stereocenters. The SMILES string of the molecule is Nc1nnc(C(=O)N2CCC(Cc3cc(Cl)c(Cl)cc3O)CC2)o1. The van der Waals surface area contributed by atoms with Gasteiger partial charge in [0.1, 0.15) is 5.75 Å². The molecule has 1 aliphatic heterocycles. The standard InChI is InChI=1S/C15H16Cl2N4O3/c16-10-6-9(12(22)7-11(10)17)5-8-1-3-21(4-2-8)14(23)13-19-20-15(18)24-13/h6-8,22H,1-5H2,(H2,18,20). The molecular formula is C15H16Cl2N4O3. The number of anilines is 1. The van der Waals surface area contributed by atoms with E-state index in [0.717, 1.165) is 18.4 Å². The summed E-state index contributed by atoms with van der Waals surface area (Å²) in [6.07, 6.45) is 2.28. The lowest BCUT2D eigenvalue weighted by Gasteiger charge is -2.31. The minimum absolute atomic E-state index is 0.0897. The van der Waals surface area contributed by atoms with Crippen LogP contribution in [0.1, 0.15) is 29.1 Å². The third-order valence-electron chi connectivity index (χ3n) is 4.16. The van der Waals surface area contributed by atoms with E-state index in [4.69, 9.17) is 33.4 Å². The van der Waals surface area contributed by atoms with E-state index in [1.807, 2.05) is 0 Å². The average molecular weight is 371 g/mol. The fraction of sp³-hybridized carbons (Fsp3) is 0.400. The fourth-order valence-electron chi connectivity index (χ4n) is 2.85. The fourth-order valence-corrected chi connectivity index (χ4v) is 3.19. The van der Waals surface area contributed by atoms with Gasteiger partial charge < -0.3 is 20.2 Å². The molecule has 0 aliphatic carbocycles. The normalized spacial score (nSPS) is 15.7. The molecule has 0 bridgehead atoms. The summed E-state index contributed by atoms with van der Waals surface area (Å²) in [7, 11) is 0. The summed E-state index contributed by atoms with van der Waals surface area (Å²) in [5, 5.41) is 17.8. The van der Waals surface area contributed by atoms with Gasteiger partial charge in [-0.3, -0.25) is 4.79 Å². The van der Waals surface area contributed by atoms with Crippen molar-refractivity contribution in [1.29, 1.82) is 0 Å². The largest absolute Gasteiger partial charge is 0.508 e. The lowest BCUT2D eigenvalue weighted by Crippen LogP contribution is -2.39. The number of likely N-dealkylation sites (tertiary alicyclic amines) is 1. The van der Waals surface area contributed by atoms with E-state index in [-0.39, 0.29) is 23.6 Å². The van der Waals surface area contributed by atoms with Gasteiger partial charge in [0.15, 0.2) is 0 Å². The van der Waals surface area contributed by atoms with E-state index >= 15 is 0 Å². The number of aromatic nitrogens is 2. The van der Waals surface area contributed by atoms with Crippen molar-refractivity contribution in [2.24, 2.45) is 5.92 Å². The van der Waals surface area contributed by atoms with E-state index < -0.39 is 0 Å². The maximum absolute atomic E-state index is 12.2. The van der Waals surface area contributed by atoms with E-state index in [2.05, 4.69) is 10.2 Å². The number of nitrogens with zero attached hydrogens (tertiary/aromatic N) is 3. The second-order valence-electron chi connectivity index (χ2n) is 5.78. The van der Waals surface area contributed by atoms with Crippen LogP contribution < -0.4 is 5.73 Å². The van der Waals surface area contributed by atoms with Crippen molar-refractivity contribution in [3.05, 3.63) is 33.6 Å². The van der Waals surface area contributed by atoms with Crippen LogP contribution in [0.15, 0.2) is 16.5 Å². The number of rotatable bonds is 3. The molecule has 1 amide bonds. The number of phenolic OH excluding ortho intramolecular Hbond substituents is 1. The highest BCUT2D eigenvalue weighted by Crippen LogP contribution is 2.33. The Morgan fingerprint density at radius 2 is 1.96 bits per heavy atom. The zero-order valence-corrected chi connectivity index (χ0v) is 14.2. The molecule has 1 fully saturated rings. The minimum Gasteiger partial charge on any atom is -0.508 e. The number of hydrogen-bond donors (Lipinski definition) is 2. The van der Waals surface area contributed by atoms with Gasteiger partial charge in [-0.15, -0.1) is 5.10 Å². The van der Waals surface area contributed by atoms with Crippen LogP contribution in [0.2, 0.25) is 10.0 Å². The Kier molecular flexibility index (Phi) is 4.82. The number of carbonyl (C=O) groups excluding carboxylic acids is 1. The van der Waals surface area contributed by atoms with Crippen LogP contribution in [0.3, 0.4) is 0 Å². The Hall–Kier alpha value is -1.99. The first-order chi connectivity index (χ1) is 11.4. The number of nitrogens with two attached hydrogens (primary N) is 1. The molecule has 0 unspecified atom stereocenters. The van der Waals surface area contributed by atoms with E-state index in [9.17, 15) is 9.90 Å². The maximum atomic E-state index is 12.2. The minimum atomic E-state index is -0.310. The topological polar surface area (TPSA) is 105 Å². The Balaban J connectivity index is 1.59. The van der Waals surface area contributed by atoms with Gasteiger partial charge in [-0.2, -0.15) is 0 Å². The van der Waals surface area contributed by atoms with Crippen molar-refractivity contribution in [2.75, 3.05) is 18.8 Å². The van der Waals surface area contributed by atoms with E-state index in [1.165, 1.54) is 6.07 Å². The highest BCUT2D eigenvalue weighted by Gasteiger charge is 2.27. The summed E-state index contributed by atoms with van der Waals surface area (Å²) >= 11 is 11.9. The van der Waals surface area contributed by atoms with Gasteiger partial charge in [-0.1, -0.05) is 28.3 Å². The molecule has 2 aromatic rings. The van der Waals surface area contributed by atoms with Crippen molar-refractivity contribution < 1.29 is 14.3 Å². The van der Waals surface area contributed by atoms with Gasteiger partial charge in [0.05, 0.1) is 10.0 Å². The second kappa shape index (κ2) is 6.86. The number of benzene rings is 1. The quantitative estimate of drug-likeness (QED) is 0.860. The summed E-state index contributed by atoms with van der Waals surface area (Å²) in [4.78, 5) is 13.9. The third kappa shape index (κ3) is 3.57. The molecule has 1 aromatic carbocycles. The van der Waals surface area contributed by atoms with Crippen LogP contribution in [-0.2, 0) is 6.42 Å². The molecule has 1 aromatic heterocycles. The van der Waals surface area contributed by atoms with Gasteiger partial charge in [0.2, 0.25) is 0 Å². The summed E-state index contributed by atoms with van der Waals surface area (Å²) in [6.45, 7) is 1.15. The molecule has 0 saturated carbocycles. The van der Waals surface area contributed by atoms with Crippen LogP contribution in [0.4, 0.5) is 6.01 Å². The van der Waals surface area contributed by atoms with Crippen molar-refractivity contribution >= 4 is 35.1 Å². The van der Waals surface area contributed by atoms with Crippen LogP contribution in [0.5, 0.6) is 5.75 Å². The number of nitrogen functional groups attached to an aromatic ring is 1. The lowest BCUT2D eigenvalue weighted by atomic mass is 9.90. The number of amides is 1. The number of hydrogen-bond acceptors (Lipinski definition) is 6. The monoisotopic (exact) mass is 370 g/mol. The molecular weight excluding hydrogens is 355 g/mol. The van der Waals surface area contributed by atoms with E-state index in [1.54, 1.807) is 11.0 Å². The molecule has 7 nitrogen and oxygen atoms in total. The van der Waals surface area contributed by atoms with Crippen molar-refractivity contribution in [2.45, 2.75) is 19.3 Å². The Bertz CT molecular complexity index is 757. The van der Waals surface area contributed by atoms with Crippen molar-refractivity contribution in [3.8, 4) is 5.75 Å². The van der Waals surface area contributed by atoms with Gasteiger partial charge in [-0.25, -0.2) is 0 Å². The van der Waals surface area contributed by atoms with Gasteiger partial charge in [-0.05, 0) is 36.8 Å². The summed E-state index contributed by atoms with van der Waals surface area (Å²) in [5.41, 5.74) is 6.10. The number of carbonyl (C=O) groups is 1. The highest BCUT2D eigenvalue weighted by molar-refractivity contribution is 6.42. The average Bonchev–Trinajstić information content (AvgIpc) is 2.99. The molecule has 128 valence electrons. The predicted octanol–water partition coefficient (Wildman–Crippen LogP) is 2.76. The van der Waals surface area contributed by atoms with Crippen LogP contribution in [0, 0.1) is 5.92 Å². The van der Waals surface area contributed by atoms with Crippen LogP contribution in [-0.4, -0.2) is 39.2 Å². The summed E-state index contributed by atoms with van der Waals surface area (Å²) in [6, 6.07) is 3.03. The van der Waals surface area contributed by atoms with E-state index in [0.29, 0.717) is 35.5 Å². The first kappa shape index (κ1) is 16.9. The second-order valence-corrected chi connectivity index (χ2v) is 6.59. The molecule has 0 radical (unpaired) electrons. The summed E-state index contributed by atoms with van der Waals surface area (Å²) in [5.74, 6) is 0.0808. The molecule has 0 spiro atoms. The number of halogens is 2. The van der Waals surface area contributed by atoms with Gasteiger partial charge in [0, 0.05) is 19.2 Å². The number of piperidine rings is 1. The van der Waals surface area contributed by atoms with Crippen LogP contribution in [0.25, 0.3) is 0 Å². The van der Waals surface area contributed by atoms with Crippen molar-refractivity contribution in [3.63, 3.8) is 0 Å². The Labute approximate surface area is 148 Å². The van der Waals surface area contributed by atoms with Crippen LogP contribution >= 0.6 is 23.2 Å². The molecule has 1 aliphatic rings. The first-order valence-corrected chi connectivity index (χ1v) is 8.24. The first-order valence-electron chi connectivity index (χ1n) is 7.49. The summed E-state index contributed by atoms with van der Waals surface area (Å²) < 4.78 is 4.97. The molecule has 9 heteroatoms. The zero-order chi connectivity index (χ0) is 17.3. The molecule has 3 N–H and O–H groups in total. The number of aromatic hydroxyl groups is 1. The molecule has 2 heterocycles. The number of phenols is 1. The highest BCUT2D eigenvalue weighted by atomic mass is 35.5. The Morgan fingerprint density at radius 1 is 1.29 bits per heavy atom. The maximum Gasteiger partial charge on any atom is 0.313 e. The van der Waals surface area contributed by atoms with Gasteiger partial charge in [0.25, 0.3) is 0 Å². The molecule has 3 rings (SSSR count). The van der Waals surface area contributed by atoms with Crippen molar-refractivity contribution in [1.82, 2.24) is 15.1 Å². The lowest BCUT2D eigenvalue weighted by molar-refractivity contribution is 0.0651. The Morgan fingerprint density at radius 3 is 2.58 bits per heavy atom. The third-order valence-corrected chi connectivity index (χ3v) is 4.88. The van der Waals surface area contributed by atoms with Gasteiger partial charge >= 0.3 is 17.8 Å². The molecule has 24 heavy (non-hydrogen) atoms.